The van der Waals surface area contributed by atoms with Crippen molar-refractivity contribution in [2.75, 3.05) is 13.1 Å². The van der Waals surface area contributed by atoms with Crippen LogP contribution in [0.4, 0.5) is 0 Å². The van der Waals surface area contributed by atoms with E-state index in [-0.39, 0.29) is 12.2 Å². The molecule has 0 radical (unpaired) electrons. The zero-order valence-electron chi connectivity index (χ0n) is 18.7. The predicted molar refractivity (Wildman–Crippen MR) is 121 cm³/mol. The maximum absolute atomic E-state index is 13.3. The molecule has 0 fully saturated rings. The first-order valence-electron chi connectivity index (χ1n) is 10.4. The third-order valence-corrected chi connectivity index (χ3v) is 5.47. The van der Waals surface area contributed by atoms with Gasteiger partial charge in [-0.2, -0.15) is 9.78 Å². The number of benzene rings is 2. The summed E-state index contributed by atoms with van der Waals surface area (Å²) in [5.41, 5.74) is 2.89. The molecular weight excluding hydrogens is 392 g/mol. The van der Waals surface area contributed by atoms with Gasteiger partial charge in [0.2, 0.25) is 5.69 Å². The Morgan fingerprint density at radius 2 is 1.68 bits per heavy atom. The van der Waals surface area contributed by atoms with Gasteiger partial charge in [0.15, 0.2) is 0 Å². The van der Waals surface area contributed by atoms with Gasteiger partial charge in [-0.05, 0) is 63.4 Å². The molecule has 0 N–H and O–H groups in total. The van der Waals surface area contributed by atoms with E-state index >= 15 is 0 Å². The second-order valence-electron chi connectivity index (χ2n) is 7.67. The van der Waals surface area contributed by atoms with Gasteiger partial charge < -0.3 is 4.90 Å². The number of amides is 1. The SMILES string of the molecule is CCN(CC)C(=O)c1nn(-c2ccc(C)c(C)c2)c(=O)n(Cc2cccc(C)c2)c1=O. The molecule has 0 atom stereocenters. The highest BCUT2D eigenvalue weighted by Gasteiger charge is 2.23. The molecule has 1 heterocycles. The lowest BCUT2D eigenvalue weighted by atomic mass is 10.1. The fourth-order valence-electron chi connectivity index (χ4n) is 3.47. The van der Waals surface area contributed by atoms with Crippen LogP contribution in [0.1, 0.15) is 46.6 Å². The van der Waals surface area contributed by atoms with Gasteiger partial charge in [0.1, 0.15) is 0 Å². The first-order chi connectivity index (χ1) is 14.8. The van der Waals surface area contributed by atoms with Crippen LogP contribution in [0, 0.1) is 20.8 Å². The van der Waals surface area contributed by atoms with E-state index in [2.05, 4.69) is 5.10 Å². The third kappa shape index (κ3) is 4.50. The average molecular weight is 421 g/mol. The average Bonchev–Trinajstić information content (AvgIpc) is 2.74. The van der Waals surface area contributed by atoms with Crippen LogP contribution in [-0.2, 0) is 6.54 Å². The number of hydrogen-bond donors (Lipinski definition) is 0. The molecule has 1 amide bonds. The Hall–Kier alpha value is -3.48. The van der Waals surface area contributed by atoms with E-state index < -0.39 is 17.2 Å². The maximum Gasteiger partial charge on any atom is 0.352 e. The summed E-state index contributed by atoms with van der Waals surface area (Å²) in [4.78, 5) is 41.1. The van der Waals surface area contributed by atoms with Crippen LogP contribution in [0.5, 0.6) is 0 Å². The van der Waals surface area contributed by atoms with Gasteiger partial charge in [-0.3, -0.25) is 14.2 Å². The smallest absolute Gasteiger partial charge is 0.338 e. The lowest BCUT2D eigenvalue weighted by Gasteiger charge is -2.19. The number of aromatic nitrogens is 3. The highest BCUT2D eigenvalue weighted by molar-refractivity contribution is 5.91. The number of nitrogens with zero attached hydrogens (tertiary/aromatic N) is 4. The van der Waals surface area contributed by atoms with Crippen LogP contribution in [0.3, 0.4) is 0 Å². The predicted octanol–water partition coefficient (Wildman–Crippen LogP) is 2.85. The molecular formula is C24H28N4O3. The largest absolute Gasteiger partial charge is 0.352 e. The first-order valence-corrected chi connectivity index (χ1v) is 10.4. The highest BCUT2D eigenvalue weighted by Crippen LogP contribution is 2.12. The van der Waals surface area contributed by atoms with Crippen LogP contribution in [0.15, 0.2) is 52.1 Å². The van der Waals surface area contributed by atoms with Gasteiger partial charge in [-0.15, -0.1) is 0 Å². The molecule has 3 aromatic rings. The summed E-state index contributed by atoms with van der Waals surface area (Å²) < 4.78 is 2.24. The molecule has 0 saturated carbocycles. The molecule has 0 aliphatic carbocycles. The Balaban J connectivity index is 2.26. The summed E-state index contributed by atoms with van der Waals surface area (Å²) in [6, 6.07) is 13.1. The monoisotopic (exact) mass is 420 g/mol. The van der Waals surface area contributed by atoms with Crippen molar-refractivity contribution in [2.45, 2.75) is 41.2 Å². The van der Waals surface area contributed by atoms with Crippen molar-refractivity contribution in [1.82, 2.24) is 19.2 Å². The van der Waals surface area contributed by atoms with E-state index in [1.807, 2.05) is 71.0 Å². The van der Waals surface area contributed by atoms with Gasteiger partial charge in [-0.1, -0.05) is 35.9 Å². The minimum Gasteiger partial charge on any atom is -0.338 e. The van der Waals surface area contributed by atoms with Crippen molar-refractivity contribution in [1.29, 1.82) is 0 Å². The van der Waals surface area contributed by atoms with E-state index in [4.69, 9.17) is 0 Å². The molecule has 0 aliphatic rings. The second kappa shape index (κ2) is 9.12. The standard InChI is InChI=1S/C24H28N4O3/c1-6-26(7-2)22(29)21-23(30)27(15-19-10-8-9-16(3)13-19)24(31)28(25-21)20-12-11-17(4)18(5)14-20/h8-14H,6-7,15H2,1-5H3. The van der Waals surface area contributed by atoms with Gasteiger partial charge in [0.25, 0.3) is 11.5 Å². The minimum absolute atomic E-state index is 0.0608. The summed E-state index contributed by atoms with van der Waals surface area (Å²) in [5.74, 6) is -0.481. The lowest BCUT2D eigenvalue weighted by molar-refractivity contribution is 0.0761. The first kappa shape index (κ1) is 22.2. The summed E-state index contributed by atoms with van der Waals surface area (Å²) in [6.45, 7) is 10.5. The van der Waals surface area contributed by atoms with Crippen molar-refractivity contribution in [3.05, 3.63) is 91.3 Å². The Morgan fingerprint density at radius 3 is 2.29 bits per heavy atom. The number of hydrogen-bond acceptors (Lipinski definition) is 4. The molecule has 162 valence electrons. The Labute approximate surface area is 181 Å². The third-order valence-electron chi connectivity index (χ3n) is 5.47. The quantitative estimate of drug-likeness (QED) is 0.614. The Kier molecular flexibility index (Phi) is 6.53. The van der Waals surface area contributed by atoms with E-state index in [9.17, 15) is 14.4 Å². The number of aryl methyl sites for hydroxylation is 3. The van der Waals surface area contributed by atoms with Crippen LogP contribution >= 0.6 is 0 Å². The van der Waals surface area contributed by atoms with Crippen molar-refractivity contribution in [3.8, 4) is 5.69 Å². The number of carbonyl (C=O) groups excluding carboxylic acids is 1. The summed E-state index contributed by atoms with van der Waals surface area (Å²) in [6.07, 6.45) is 0. The zero-order chi connectivity index (χ0) is 22.7. The van der Waals surface area contributed by atoms with Crippen molar-refractivity contribution >= 4 is 5.91 Å². The zero-order valence-corrected chi connectivity index (χ0v) is 18.7. The summed E-state index contributed by atoms with van der Waals surface area (Å²) in [5, 5.41) is 4.23. The van der Waals surface area contributed by atoms with Crippen LogP contribution < -0.4 is 11.2 Å². The van der Waals surface area contributed by atoms with Crippen LogP contribution in [0.25, 0.3) is 5.69 Å². The number of rotatable bonds is 6. The maximum atomic E-state index is 13.3. The van der Waals surface area contributed by atoms with Crippen molar-refractivity contribution < 1.29 is 4.79 Å². The molecule has 3 rings (SSSR count). The van der Waals surface area contributed by atoms with Crippen molar-refractivity contribution in [3.63, 3.8) is 0 Å². The number of carbonyl (C=O) groups is 1. The van der Waals surface area contributed by atoms with E-state index in [0.717, 1.165) is 31.5 Å². The highest BCUT2D eigenvalue weighted by atomic mass is 16.2. The molecule has 7 heteroatoms. The molecule has 0 saturated heterocycles. The van der Waals surface area contributed by atoms with E-state index in [0.29, 0.717) is 18.8 Å². The fraction of sp³-hybridized carbons (Fsp3) is 0.333. The molecule has 0 bridgehead atoms. The second-order valence-corrected chi connectivity index (χ2v) is 7.67. The Morgan fingerprint density at radius 1 is 0.968 bits per heavy atom. The Bertz CT molecular complexity index is 1240. The van der Waals surface area contributed by atoms with Crippen LogP contribution in [0.2, 0.25) is 0 Å². The topological polar surface area (TPSA) is 77.2 Å². The summed E-state index contributed by atoms with van der Waals surface area (Å²) in [7, 11) is 0. The molecule has 0 aliphatic heterocycles. The van der Waals surface area contributed by atoms with Gasteiger partial charge in [0.05, 0.1) is 12.2 Å². The molecule has 0 spiro atoms. The molecule has 0 unspecified atom stereocenters. The minimum atomic E-state index is -0.677. The molecule has 31 heavy (non-hydrogen) atoms. The van der Waals surface area contributed by atoms with Gasteiger partial charge in [-0.25, -0.2) is 4.79 Å². The fourth-order valence-corrected chi connectivity index (χ4v) is 3.47. The molecule has 7 nitrogen and oxygen atoms in total. The van der Waals surface area contributed by atoms with Gasteiger partial charge >= 0.3 is 5.69 Å². The van der Waals surface area contributed by atoms with Crippen LogP contribution in [-0.4, -0.2) is 38.2 Å². The molecule has 1 aromatic heterocycles. The summed E-state index contributed by atoms with van der Waals surface area (Å²) >= 11 is 0. The van der Waals surface area contributed by atoms with Gasteiger partial charge in [0, 0.05) is 13.1 Å². The normalized spacial score (nSPS) is 10.9. The van der Waals surface area contributed by atoms with E-state index in [1.165, 1.54) is 4.90 Å². The van der Waals surface area contributed by atoms with Crippen molar-refractivity contribution in [2.24, 2.45) is 0 Å². The van der Waals surface area contributed by atoms with E-state index in [1.54, 1.807) is 6.07 Å². The molecule has 2 aromatic carbocycles. The lowest BCUT2D eigenvalue weighted by Crippen LogP contribution is -2.46.